The number of aliphatic carboxylic acids is 1. The van der Waals surface area contributed by atoms with Gasteiger partial charge in [0, 0.05) is 24.2 Å². The van der Waals surface area contributed by atoms with Gasteiger partial charge >= 0.3 is 5.97 Å². The fraction of sp³-hybridized carbons (Fsp3) is 0.360. The van der Waals surface area contributed by atoms with Crippen LogP contribution >= 0.6 is 11.6 Å². The van der Waals surface area contributed by atoms with Crippen molar-refractivity contribution in [2.24, 2.45) is 0 Å². The molecule has 0 unspecified atom stereocenters. The number of carbonyl (C=O) groups excluding carboxylic acids is 1. The number of amides is 1. The SMILES string of the molecule is CCCCN(C)C(=O)c1ccc(C#Cc2cc(Cl)ccc2OCC(=O)O)cc1S(=O)(=O)C(C)C. The highest BCUT2D eigenvalue weighted by Gasteiger charge is 2.27. The Morgan fingerprint density at radius 1 is 1.15 bits per heavy atom. The van der Waals surface area contributed by atoms with Crippen LogP contribution in [0.4, 0.5) is 0 Å². The van der Waals surface area contributed by atoms with Crippen molar-refractivity contribution in [2.45, 2.75) is 43.8 Å². The first-order valence-corrected chi connectivity index (χ1v) is 12.7. The van der Waals surface area contributed by atoms with Crippen LogP contribution in [0.15, 0.2) is 41.3 Å². The highest BCUT2D eigenvalue weighted by Crippen LogP contribution is 2.25. The molecule has 182 valence electrons. The minimum absolute atomic E-state index is 0.0731. The summed E-state index contributed by atoms with van der Waals surface area (Å²) in [5, 5.41) is 8.51. The van der Waals surface area contributed by atoms with Gasteiger partial charge in [0.25, 0.3) is 5.91 Å². The monoisotopic (exact) mass is 505 g/mol. The first kappa shape index (κ1) is 27.2. The number of sulfone groups is 1. The van der Waals surface area contributed by atoms with Gasteiger partial charge in [0.05, 0.1) is 21.3 Å². The molecule has 0 radical (unpaired) electrons. The predicted molar refractivity (Wildman–Crippen MR) is 131 cm³/mol. The zero-order valence-corrected chi connectivity index (χ0v) is 21.2. The minimum atomic E-state index is -3.77. The van der Waals surface area contributed by atoms with E-state index in [1.54, 1.807) is 33.0 Å². The van der Waals surface area contributed by atoms with Gasteiger partial charge in [0.2, 0.25) is 0 Å². The molecular formula is C25H28ClNO6S. The van der Waals surface area contributed by atoms with E-state index in [4.69, 9.17) is 21.4 Å². The molecule has 0 aliphatic heterocycles. The van der Waals surface area contributed by atoms with Crippen molar-refractivity contribution in [1.29, 1.82) is 0 Å². The number of nitrogens with zero attached hydrogens (tertiary/aromatic N) is 1. The maximum Gasteiger partial charge on any atom is 0.341 e. The molecule has 0 heterocycles. The fourth-order valence-electron chi connectivity index (χ4n) is 2.97. The molecule has 0 spiro atoms. The topological polar surface area (TPSA) is 101 Å². The van der Waals surface area contributed by atoms with Crippen LogP contribution in [0.25, 0.3) is 0 Å². The first-order chi connectivity index (χ1) is 16.0. The molecule has 0 aromatic heterocycles. The molecule has 0 saturated heterocycles. The maximum atomic E-state index is 13.1. The molecule has 2 aromatic rings. The number of carboxylic acid groups (broad SMARTS) is 1. The van der Waals surface area contributed by atoms with Gasteiger partial charge in [-0.2, -0.15) is 0 Å². The molecule has 1 N–H and O–H groups in total. The number of unbranched alkanes of at least 4 members (excludes halogenated alkanes) is 1. The molecule has 0 atom stereocenters. The Bertz CT molecular complexity index is 1230. The number of hydrogen-bond donors (Lipinski definition) is 1. The molecular weight excluding hydrogens is 478 g/mol. The number of ether oxygens (including phenoxy) is 1. The second kappa shape index (κ2) is 11.9. The van der Waals surface area contributed by atoms with Crippen molar-refractivity contribution >= 4 is 33.3 Å². The maximum absolute atomic E-state index is 13.1. The summed E-state index contributed by atoms with van der Waals surface area (Å²) in [6.07, 6.45) is 1.72. The van der Waals surface area contributed by atoms with Crippen LogP contribution in [-0.2, 0) is 14.6 Å². The Labute approximate surface area is 205 Å². The Morgan fingerprint density at radius 2 is 1.85 bits per heavy atom. The van der Waals surface area contributed by atoms with Gasteiger partial charge < -0.3 is 14.7 Å². The lowest BCUT2D eigenvalue weighted by atomic mass is 10.1. The molecule has 0 bridgehead atoms. The zero-order chi connectivity index (χ0) is 25.5. The Balaban J connectivity index is 2.53. The minimum Gasteiger partial charge on any atom is -0.481 e. The summed E-state index contributed by atoms with van der Waals surface area (Å²) in [6, 6.07) is 9.04. The number of carboxylic acids is 1. The number of benzene rings is 2. The smallest absolute Gasteiger partial charge is 0.341 e. The van der Waals surface area contributed by atoms with Crippen LogP contribution in [0, 0.1) is 11.8 Å². The second-order valence-electron chi connectivity index (χ2n) is 7.96. The van der Waals surface area contributed by atoms with Gasteiger partial charge in [-0.25, -0.2) is 13.2 Å². The fourth-order valence-corrected chi connectivity index (χ4v) is 4.41. The molecule has 0 aliphatic rings. The highest BCUT2D eigenvalue weighted by atomic mass is 35.5. The third-order valence-corrected chi connectivity index (χ3v) is 7.39. The Kier molecular flexibility index (Phi) is 9.54. The van der Waals surface area contributed by atoms with E-state index < -0.39 is 27.7 Å². The van der Waals surface area contributed by atoms with Crippen molar-refractivity contribution < 1.29 is 27.9 Å². The van der Waals surface area contributed by atoms with Crippen molar-refractivity contribution in [3.05, 3.63) is 58.1 Å². The van der Waals surface area contributed by atoms with Crippen LogP contribution < -0.4 is 4.74 Å². The summed E-state index contributed by atoms with van der Waals surface area (Å²) in [7, 11) is -2.12. The molecule has 9 heteroatoms. The average molecular weight is 506 g/mol. The van der Waals surface area contributed by atoms with E-state index in [9.17, 15) is 18.0 Å². The quantitative estimate of drug-likeness (QED) is 0.511. The van der Waals surface area contributed by atoms with E-state index in [1.165, 1.54) is 29.2 Å². The van der Waals surface area contributed by atoms with Crippen molar-refractivity contribution in [3.63, 3.8) is 0 Å². The molecule has 2 aromatic carbocycles. The van der Waals surface area contributed by atoms with Crippen molar-refractivity contribution in [1.82, 2.24) is 4.90 Å². The van der Waals surface area contributed by atoms with Gasteiger partial charge in [-0.3, -0.25) is 4.79 Å². The molecule has 0 fully saturated rings. The van der Waals surface area contributed by atoms with Crippen LogP contribution in [0.3, 0.4) is 0 Å². The number of halogens is 1. The van der Waals surface area contributed by atoms with Crippen LogP contribution in [-0.4, -0.2) is 55.7 Å². The highest BCUT2D eigenvalue weighted by molar-refractivity contribution is 7.92. The molecule has 2 rings (SSSR count). The summed E-state index contributed by atoms with van der Waals surface area (Å²) < 4.78 is 31.4. The Morgan fingerprint density at radius 3 is 2.47 bits per heavy atom. The Hall–Kier alpha value is -3.02. The van der Waals surface area contributed by atoms with E-state index in [-0.39, 0.29) is 22.1 Å². The summed E-state index contributed by atoms with van der Waals surface area (Å²) in [6.45, 7) is 5.10. The number of hydrogen-bond acceptors (Lipinski definition) is 5. The van der Waals surface area contributed by atoms with Gasteiger partial charge in [-0.15, -0.1) is 0 Å². The van der Waals surface area contributed by atoms with E-state index >= 15 is 0 Å². The predicted octanol–water partition coefficient (Wildman–Crippen LogP) is 4.26. The molecule has 0 saturated carbocycles. The molecule has 0 aliphatic carbocycles. The first-order valence-electron chi connectivity index (χ1n) is 10.8. The van der Waals surface area contributed by atoms with Crippen LogP contribution in [0.2, 0.25) is 5.02 Å². The largest absolute Gasteiger partial charge is 0.481 e. The standard InChI is InChI=1S/C25H28ClNO6S/c1-5-6-13-27(4)25(30)21-11-8-18(14-23(21)34(31,32)17(2)3)7-9-19-15-20(26)10-12-22(19)33-16-24(28)29/h8,10-12,14-15,17H,5-6,13,16H2,1-4H3,(H,28,29). The average Bonchev–Trinajstić information content (AvgIpc) is 2.79. The van der Waals surface area contributed by atoms with Crippen molar-refractivity contribution in [3.8, 4) is 17.6 Å². The lowest BCUT2D eigenvalue weighted by Crippen LogP contribution is -2.30. The van der Waals surface area contributed by atoms with E-state index in [1.807, 2.05) is 6.92 Å². The molecule has 7 nitrogen and oxygen atoms in total. The van der Waals surface area contributed by atoms with Crippen LogP contribution in [0.1, 0.15) is 55.1 Å². The third kappa shape index (κ3) is 6.99. The summed E-state index contributed by atoms with van der Waals surface area (Å²) in [5.74, 6) is 4.46. The van der Waals surface area contributed by atoms with E-state index in [0.717, 1.165) is 12.8 Å². The van der Waals surface area contributed by atoms with Crippen LogP contribution in [0.5, 0.6) is 5.75 Å². The normalized spacial score (nSPS) is 11.0. The van der Waals surface area contributed by atoms with Gasteiger partial charge in [-0.05, 0) is 56.7 Å². The summed E-state index contributed by atoms with van der Waals surface area (Å²) in [5.41, 5.74) is 0.823. The second-order valence-corrected chi connectivity index (χ2v) is 10.9. The van der Waals surface area contributed by atoms with Gasteiger partial charge in [0.15, 0.2) is 16.4 Å². The van der Waals surface area contributed by atoms with Gasteiger partial charge in [-0.1, -0.05) is 36.8 Å². The molecule has 34 heavy (non-hydrogen) atoms. The summed E-state index contributed by atoms with van der Waals surface area (Å²) in [4.78, 5) is 25.3. The van der Waals surface area contributed by atoms with Crippen molar-refractivity contribution in [2.75, 3.05) is 20.2 Å². The van der Waals surface area contributed by atoms with E-state index in [2.05, 4.69) is 11.8 Å². The molecule has 1 amide bonds. The third-order valence-electron chi connectivity index (χ3n) is 4.97. The van der Waals surface area contributed by atoms with Gasteiger partial charge in [0.1, 0.15) is 5.75 Å². The number of carbonyl (C=O) groups is 2. The van der Waals surface area contributed by atoms with E-state index in [0.29, 0.717) is 22.7 Å². The lowest BCUT2D eigenvalue weighted by molar-refractivity contribution is -0.139. The number of rotatable bonds is 9. The summed E-state index contributed by atoms with van der Waals surface area (Å²) >= 11 is 6.04. The lowest BCUT2D eigenvalue weighted by Gasteiger charge is -2.20. The zero-order valence-electron chi connectivity index (χ0n) is 19.6.